The summed E-state index contributed by atoms with van der Waals surface area (Å²) in [5.74, 6) is 1.87. The molecule has 1 aromatic heterocycles. The smallest absolute Gasteiger partial charge is 0.239 e. The van der Waals surface area contributed by atoms with Crippen LogP contribution in [0.4, 0.5) is 11.5 Å². The van der Waals surface area contributed by atoms with Crippen LogP contribution in [0.1, 0.15) is 53.4 Å². The van der Waals surface area contributed by atoms with Crippen LogP contribution in [0.5, 0.6) is 5.88 Å². The van der Waals surface area contributed by atoms with Crippen molar-refractivity contribution in [2.75, 3.05) is 17.7 Å². The lowest BCUT2D eigenvalue weighted by Gasteiger charge is -2.35. The summed E-state index contributed by atoms with van der Waals surface area (Å²) < 4.78 is 5.69. The molecule has 0 aromatic carbocycles. The van der Waals surface area contributed by atoms with Gasteiger partial charge in [0.1, 0.15) is 5.82 Å². The minimum Gasteiger partial charge on any atom is -0.476 e. The van der Waals surface area contributed by atoms with Gasteiger partial charge >= 0.3 is 0 Å². The van der Waals surface area contributed by atoms with Crippen LogP contribution in [0.2, 0.25) is 0 Å². The predicted molar refractivity (Wildman–Crippen MR) is 88.6 cm³/mol. The number of hydrogen-bond donors (Lipinski definition) is 2. The molecule has 0 amide bonds. The van der Waals surface area contributed by atoms with E-state index in [1.807, 2.05) is 12.1 Å². The van der Waals surface area contributed by atoms with E-state index in [4.69, 9.17) is 10.5 Å². The fourth-order valence-corrected chi connectivity index (χ4v) is 2.92. The highest BCUT2D eigenvalue weighted by atomic mass is 16.5. The summed E-state index contributed by atoms with van der Waals surface area (Å²) >= 11 is 0. The molecule has 1 heterocycles. The van der Waals surface area contributed by atoms with Crippen LogP contribution < -0.4 is 15.8 Å². The van der Waals surface area contributed by atoms with Crippen LogP contribution in [-0.2, 0) is 0 Å². The lowest BCUT2D eigenvalue weighted by Crippen LogP contribution is -2.32. The lowest BCUT2D eigenvalue weighted by atomic mass is 9.75. The minimum absolute atomic E-state index is 0.417. The van der Waals surface area contributed by atoms with E-state index >= 15 is 0 Å². The maximum absolute atomic E-state index is 5.94. The predicted octanol–water partition coefficient (Wildman–Crippen LogP) is 4.08. The molecule has 4 heteroatoms. The molecule has 1 saturated carbocycles. The van der Waals surface area contributed by atoms with Crippen molar-refractivity contribution in [2.24, 2.45) is 11.3 Å². The maximum atomic E-state index is 5.94. The summed E-state index contributed by atoms with van der Waals surface area (Å²) in [5.41, 5.74) is 6.96. The Hall–Kier alpha value is -1.45. The van der Waals surface area contributed by atoms with Gasteiger partial charge in [-0.25, -0.2) is 0 Å². The number of nitrogens with zero attached hydrogens (tertiary/aromatic N) is 1. The first-order chi connectivity index (χ1) is 9.85. The number of ether oxygens (including phenoxy) is 1. The summed E-state index contributed by atoms with van der Waals surface area (Å²) in [6.45, 7) is 9.55. The van der Waals surface area contributed by atoms with E-state index in [0.29, 0.717) is 35.5 Å². The molecule has 0 saturated heterocycles. The van der Waals surface area contributed by atoms with Gasteiger partial charge < -0.3 is 15.8 Å². The second-order valence-corrected chi connectivity index (χ2v) is 7.40. The topological polar surface area (TPSA) is 60.2 Å². The normalized spacial score (nSPS) is 21.3. The molecule has 3 N–H and O–H groups in total. The molecule has 1 aromatic rings. The molecule has 0 aliphatic heterocycles. The van der Waals surface area contributed by atoms with Gasteiger partial charge in [-0.1, -0.05) is 34.1 Å². The molecule has 1 unspecified atom stereocenters. The van der Waals surface area contributed by atoms with Gasteiger partial charge in [-0.2, -0.15) is 4.98 Å². The van der Waals surface area contributed by atoms with E-state index in [9.17, 15) is 0 Å². The Morgan fingerprint density at radius 1 is 1.43 bits per heavy atom. The second-order valence-electron chi connectivity index (χ2n) is 7.40. The first kappa shape index (κ1) is 15.9. The van der Waals surface area contributed by atoms with Crippen molar-refractivity contribution >= 4 is 11.5 Å². The monoisotopic (exact) mass is 291 g/mol. The summed E-state index contributed by atoms with van der Waals surface area (Å²) in [5, 5.41) is 3.55. The molecule has 0 bridgehead atoms. The molecule has 1 atom stereocenters. The third-order valence-corrected chi connectivity index (χ3v) is 4.00. The minimum atomic E-state index is 0.417. The van der Waals surface area contributed by atoms with E-state index in [-0.39, 0.29) is 0 Å². The SMILES string of the molecule is CC(C)COc1nc(NC2CCCC(C)(C)C2)ccc1N. The highest BCUT2D eigenvalue weighted by molar-refractivity contribution is 5.53. The van der Waals surface area contributed by atoms with Gasteiger partial charge in [0.05, 0.1) is 12.3 Å². The number of hydrogen-bond acceptors (Lipinski definition) is 4. The van der Waals surface area contributed by atoms with E-state index in [2.05, 4.69) is 38.0 Å². The maximum Gasteiger partial charge on any atom is 0.239 e. The highest BCUT2D eigenvalue weighted by Gasteiger charge is 2.28. The zero-order valence-corrected chi connectivity index (χ0v) is 13.8. The number of rotatable bonds is 5. The van der Waals surface area contributed by atoms with Crippen LogP contribution in [0.15, 0.2) is 12.1 Å². The van der Waals surface area contributed by atoms with Crippen molar-refractivity contribution in [1.82, 2.24) is 4.98 Å². The molecule has 21 heavy (non-hydrogen) atoms. The average molecular weight is 291 g/mol. The van der Waals surface area contributed by atoms with Crippen molar-refractivity contribution in [3.05, 3.63) is 12.1 Å². The largest absolute Gasteiger partial charge is 0.476 e. The molecule has 4 nitrogen and oxygen atoms in total. The molecule has 1 aliphatic carbocycles. The summed E-state index contributed by atoms with van der Waals surface area (Å²) in [6, 6.07) is 4.31. The fourth-order valence-electron chi connectivity index (χ4n) is 2.92. The Morgan fingerprint density at radius 2 is 2.19 bits per heavy atom. The first-order valence-electron chi connectivity index (χ1n) is 8.01. The van der Waals surface area contributed by atoms with Crippen molar-refractivity contribution in [3.8, 4) is 5.88 Å². The number of aromatic nitrogens is 1. The second kappa shape index (κ2) is 6.54. The lowest BCUT2D eigenvalue weighted by molar-refractivity contribution is 0.229. The Kier molecular flexibility index (Phi) is 4.96. The van der Waals surface area contributed by atoms with Crippen molar-refractivity contribution in [2.45, 2.75) is 59.4 Å². The van der Waals surface area contributed by atoms with Crippen LogP contribution >= 0.6 is 0 Å². The average Bonchev–Trinajstić information content (AvgIpc) is 2.38. The molecule has 0 radical (unpaired) electrons. The summed E-state index contributed by atoms with van der Waals surface area (Å²) in [6.07, 6.45) is 4.97. The number of nitrogens with two attached hydrogens (primary N) is 1. The van der Waals surface area contributed by atoms with Gasteiger partial charge in [-0.15, -0.1) is 0 Å². The van der Waals surface area contributed by atoms with Crippen LogP contribution in [0, 0.1) is 11.3 Å². The van der Waals surface area contributed by atoms with Gasteiger partial charge in [-0.05, 0) is 42.7 Å². The van der Waals surface area contributed by atoms with E-state index < -0.39 is 0 Å². The first-order valence-corrected chi connectivity index (χ1v) is 8.01. The third kappa shape index (κ3) is 4.80. The van der Waals surface area contributed by atoms with Crippen molar-refractivity contribution < 1.29 is 4.74 Å². The number of anilines is 2. The van der Waals surface area contributed by atoms with Crippen LogP contribution in [0.25, 0.3) is 0 Å². The number of nitrogens with one attached hydrogen (secondary N) is 1. The molecule has 1 aliphatic rings. The zero-order valence-electron chi connectivity index (χ0n) is 13.8. The fraction of sp³-hybridized carbons (Fsp3) is 0.706. The molecule has 0 spiro atoms. The number of nitrogen functional groups attached to an aromatic ring is 1. The van der Waals surface area contributed by atoms with Gasteiger partial charge in [0.2, 0.25) is 5.88 Å². The van der Waals surface area contributed by atoms with Crippen molar-refractivity contribution in [1.29, 1.82) is 0 Å². The Bertz CT molecular complexity index is 471. The zero-order chi connectivity index (χ0) is 15.5. The quantitative estimate of drug-likeness (QED) is 0.858. The van der Waals surface area contributed by atoms with Gasteiger partial charge in [0.15, 0.2) is 0 Å². The Morgan fingerprint density at radius 3 is 2.86 bits per heavy atom. The van der Waals surface area contributed by atoms with Crippen LogP contribution in [-0.4, -0.2) is 17.6 Å². The Labute approximate surface area is 128 Å². The standard InChI is InChI=1S/C17H29N3O/c1-12(2)11-21-16-14(18)7-8-15(20-16)19-13-6-5-9-17(3,4)10-13/h7-8,12-13H,5-6,9-11,18H2,1-4H3,(H,19,20). The van der Waals surface area contributed by atoms with Gasteiger partial charge in [-0.3, -0.25) is 0 Å². The van der Waals surface area contributed by atoms with Crippen LogP contribution in [0.3, 0.4) is 0 Å². The van der Waals surface area contributed by atoms with E-state index in [1.54, 1.807) is 0 Å². The van der Waals surface area contributed by atoms with Gasteiger partial charge in [0.25, 0.3) is 0 Å². The molecular weight excluding hydrogens is 262 g/mol. The van der Waals surface area contributed by atoms with Gasteiger partial charge in [0, 0.05) is 6.04 Å². The molecule has 1 fully saturated rings. The van der Waals surface area contributed by atoms with Crippen molar-refractivity contribution in [3.63, 3.8) is 0 Å². The Balaban J connectivity index is 2.01. The summed E-state index contributed by atoms with van der Waals surface area (Å²) in [7, 11) is 0. The summed E-state index contributed by atoms with van der Waals surface area (Å²) in [4.78, 5) is 4.53. The molecular formula is C17H29N3O. The van der Waals surface area contributed by atoms with E-state index in [0.717, 1.165) is 5.82 Å². The van der Waals surface area contributed by atoms with E-state index in [1.165, 1.54) is 25.7 Å². The molecule has 118 valence electrons. The number of pyridine rings is 1. The third-order valence-electron chi connectivity index (χ3n) is 4.00. The highest BCUT2D eigenvalue weighted by Crippen LogP contribution is 2.36. The molecule has 2 rings (SSSR count).